The van der Waals surface area contributed by atoms with Crippen molar-refractivity contribution >= 4 is 11.9 Å². The van der Waals surface area contributed by atoms with Crippen LogP contribution < -0.4 is 0 Å². The van der Waals surface area contributed by atoms with Gasteiger partial charge in [-0.25, -0.2) is 9.59 Å². The molecule has 0 saturated carbocycles. The van der Waals surface area contributed by atoms with Gasteiger partial charge in [0.2, 0.25) is 0 Å². The highest BCUT2D eigenvalue weighted by Crippen LogP contribution is 2.23. The van der Waals surface area contributed by atoms with Crippen LogP contribution in [-0.2, 0) is 19.1 Å². The fourth-order valence-corrected chi connectivity index (χ4v) is 0.886. The van der Waals surface area contributed by atoms with Gasteiger partial charge in [-0.3, -0.25) is 0 Å². The third-order valence-electron chi connectivity index (χ3n) is 2.56. The molecule has 1 unspecified atom stereocenters. The van der Waals surface area contributed by atoms with Crippen molar-refractivity contribution in [2.75, 3.05) is 6.61 Å². The van der Waals surface area contributed by atoms with Crippen molar-refractivity contribution in [2.45, 2.75) is 33.3 Å². The molecule has 0 aliphatic carbocycles. The topological polar surface area (TPSA) is 52.6 Å². The number of rotatable bonds is 6. The van der Waals surface area contributed by atoms with Crippen molar-refractivity contribution in [2.24, 2.45) is 5.92 Å². The Morgan fingerprint density at radius 1 is 1.41 bits per heavy atom. The first-order valence-electron chi connectivity index (χ1n) is 5.41. The average molecular weight is 240 g/mol. The van der Waals surface area contributed by atoms with E-state index in [1.54, 1.807) is 13.8 Å². The molecule has 0 radical (unpaired) electrons. The van der Waals surface area contributed by atoms with Gasteiger partial charge in [-0.05, 0) is 19.8 Å². The molecule has 0 N–H and O–H groups in total. The number of hydrogen-bond donors (Lipinski definition) is 0. The van der Waals surface area contributed by atoms with E-state index >= 15 is 0 Å². The molecule has 0 saturated heterocycles. The summed E-state index contributed by atoms with van der Waals surface area (Å²) in [7, 11) is 0. The van der Waals surface area contributed by atoms with E-state index in [2.05, 4.69) is 13.2 Å². The molecule has 0 aromatic carbocycles. The number of carbonyl (C=O) groups excluding carboxylic acids is 2. The van der Waals surface area contributed by atoms with E-state index in [9.17, 15) is 9.59 Å². The highest BCUT2D eigenvalue weighted by atomic mass is 16.6. The predicted octanol–water partition coefficient (Wildman–Crippen LogP) is 2.25. The van der Waals surface area contributed by atoms with Crippen LogP contribution in [0.3, 0.4) is 0 Å². The molecule has 0 amide bonds. The van der Waals surface area contributed by atoms with Crippen molar-refractivity contribution in [1.29, 1.82) is 0 Å². The maximum Gasteiger partial charge on any atom is 0.333 e. The smallest absolute Gasteiger partial charge is 0.333 e. The van der Waals surface area contributed by atoms with Gasteiger partial charge in [0.05, 0.1) is 0 Å². The molecule has 0 aliphatic rings. The summed E-state index contributed by atoms with van der Waals surface area (Å²) in [5.74, 6) is -1.03. The summed E-state index contributed by atoms with van der Waals surface area (Å²) in [6.45, 7) is 13.9. The first-order valence-corrected chi connectivity index (χ1v) is 5.41. The number of carbonyl (C=O) groups is 2. The van der Waals surface area contributed by atoms with Gasteiger partial charge in [0.1, 0.15) is 12.2 Å². The minimum absolute atomic E-state index is 0.00316. The van der Waals surface area contributed by atoms with Gasteiger partial charge in [0.15, 0.2) is 0 Å². The molecule has 4 nitrogen and oxygen atoms in total. The van der Waals surface area contributed by atoms with Crippen LogP contribution in [0.4, 0.5) is 0 Å². The van der Waals surface area contributed by atoms with E-state index in [-0.39, 0.29) is 12.5 Å². The summed E-state index contributed by atoms with van der Waals surface area (Å²) in [5.41, 5.74) is -0.554. The van der Waals surface area contributed by atoms with Crippen LogP contribution in [-0.4, -0.2) is 24.1 Å². The Kier molecular flexibility index (Phi) is 5.65. The minimum atomic E-state index is -0.866. The van der Waals surface area contributed by atoms with Crippen LogP contribution in [0.5, 0.6) is 0 Å². The Morgan fingerprint density at radius 3 is 2.29 bits per heavy atom. The maximum absolute atomic E-state index is 11.5. The summed E-state index contributed by atoms with van der Waals surface area (Å²) >= 11 is 0. The molecule has 4 heteroatoms. The third kappa shape index (κ3) is 4.85. The standard InChI is InChI=1S/C13H20O4/c1-7-11(14)16-8-13(6,10(4)5)17-12(15)9(2)3/h7,10H,1-2,8H2,3-6H3. The summed E-state index contributed by atoms with van der Waals surface area (Å²) < 4.78 is 10.2. The monoisotopic (exact) mass is 240 g/mol. The lowest BCUT2D eigenvalue weighted by molar-refractivity contribution is -0.170. The Bertz CT molecular complexity index is 330. The van der Waals surface area contributed by atoms with Gasteiger partial charge in [-0.1, -0.05) is 27.0 Å². The van der Waals surface area contributed by atoms with Crippen molar-refractivity contribution in [3.05, 3.63) is 24.8 Å². The van der Waals surface area contributed by atoms with E-state index in [0.717, 1.165) is 6.08 Å². The second-order valence-electron chi connectivity index (χ2n) is 4.45. The Labute approximate surface area is 102 Å². The first kappa shape index (κ1) is 15.4. The fourth-order valence-electron chi connectivity index (χ4n) is 0.886. The zero-order chi connectivity index (χ0) is 13.6. The molecule has 0 bridgehead atoms. The van der Waals surface area contributed by atoms with Crippen LogP contribution >= 0.6 is 0 Å². The predicted molar refractivity (Wildman–Crippen MR) is 65.3 cm³/mol. The van der Waals surface area contributed by atoms with Crippen LogP contribution in [0.25, 0.3) is 0 Å². The second-order valence-corrected chi connectivity index (χ2v) is 4.45. The summed E-state index contributed by atoms with van der Waals surface area (Å²) in [6.07, 6.45) is 1.07. The van der Waals surface area contributed by atoms with Gasteiger partial charge in [-0.15, -0.1) is 0 Å². The molecular weight excluding hydrogens is 220 g/mol. The van der Waals surface area contributed by atoms with Gasteiger partial charge in [-0.2, -0.15) is 0 Å². The first-order chi connectivity index (χ1) is 7.73. The molecule has 0 aromatic rings. The zero-order valence-electron chi connectivity index (χ0n) is 10.9. The van der Waals surface area contributed by atoms with Crippen LogP contribution in [0.1, 0.15) is 27.7 Å². The Balaban J connectivity index is 4.67. The maximum atomic E-state index is 11.5. The van der Waals surface area contributed by atoms with Crippen molar-refractivity contribution in [1.82, 2.24) is 0 Å². The molecule has 0 heterocycles. The normalized spacial score (nSPS) is 13.7. The third-order valence-corrected chi connectivity index (χ3v) is 2.56. The Hall–Kier alpha value is -1.58. The highest BCUT2D eigenvalue weighted by Gasteiger charge is 2.34. The van der Waals surface area contributed by atoms with Crippen molar-refractivity contribution < 1.29 is 19.1 Å². The van der Waals surface area contributed by atoms with E-state index in [4.69, 9.17) is 9.47 Å². The molecular formula is C13H20O4. The molecule has 0 aromatic heterocycles. The van der Waals surface area contributed by atoms with E-state index < -0.39 is 17.5 Å². The summed E-state index contributed by atoms with van der Waals surface area (Å²) in [5, 5.41) is 0. The van der Waals surface area contributed by atoms with Crippen molar-refractivity contribution in [3.8, 4) is 0 Å². The minimum Gasteiger partial charge on any atom is -0.458 e. The average Bonchev–Trinajstić information content (AvgIpc) is 2.25. The molecule has 96 valence electrons. The van der Waals surface area contributed by atoms with E-state index in [1.807, 2.05) is 13.8 Å². The highest BCUT2D eigenvalue weighted by molar-refractivity contribution is 5.87. The summed E-state index contributed by atoms with van der Waals surface area (Å²) in [4.78, 5) is 22.5. The number of hydrogen-bond acceptors (Lipinski definition) is 4. The molecule has 0 aliphatic heterocycles. The molecule has 0 rings (SSSR count). The van der Waals surface area contributed by atoms with E-state index in [0.29, 0.717) is 5.57 Å². The fraction of sp³-hybridized carbons (Fsp3) is 0.538. The van der Waals surface area contributed by atoms with Gasteiger partial charge < -0.3 is 9.47 Å². The summed E-state index contributed by atoms with van der Waals surface area (Å²) in [6, 6.07) is 0. The number of esters is 2. The van der Waals surface area contributed by atoms with Crippen LogP contribution in [0, 0.1) is 5.92 Å². The quantitative estimate of drug-likeness (QED) is 0.528. The largest absolute Gasteiger partial charge is 0.458 e. The lowest BCUT2D eigenvalue weighted by atomic mass is 9.93. The van der Waals surface area contributed by atoms with Crippen LogP contribution in [0.2, 0.25) is 0 Å². The molecule has 0 spiro atoms. The Morgan fingerprint density at radius 2 is 1.94 bits per heavy atom. The zero-order valence-corrected chi connectivity index (χ0v) is 10.9. The molecule has 1 atom stereocenters. The lowest BCUT2D eigenvalue weighted by Crippen LogP contribution is -2.42. The van der Waals surface area contributed by atoms with Gasteiger partial charge in [0, 0.05) is 11.6 Å². The number of ether oxygens (including phenoxy) is 2. The van der Waals surface area contributed by atoms with Gasteiger partial charge >= 0.3 is 11.9 Å². The van der Waals surface area contributed by atoms with Crippen molar-refractivity contribution in [3.63, 3.8) is 0 Å². The molecule has 0 fully saturated rings. The molecule has 17 heavy (non-hydrogen) atoms. The second kappa shape index (κ2) is 6.23. The van der Waals surface area contributed by atoms with E-state index in [1.165, 1.54) is 0 Å². The lowest BCUT2D eigenvalue weighted by Gasteiger charge is -2.32. The van der Waals surface area contributed by atoms with Crippen LogP contribution in [0.15, 0.2) is 24.8 Å². The van der Waals surface area contributed by atoms with Gasteiger partial charge in [0.25, 0.3) is 0 Å². The SMILES string of the molecule is C=CC(=O)OCC(C)(OC(=O)C(=C)C)C(C)C.